The largest absolute Gasteiger partial charge is 0.395 e. The van der Waals surface area contributed by atoms with Gasteiger partial charge in [-0.15, -0.1) is 11.8 Å². The Morgan fingerprint density at radius 2 is 1.93 bits per heavy atom. The fourth-order valence-corrected chi connectivity index (χ4v) is 6.01. The van der Waals surface area contributed by atoms with Gasteiger partial charge in [-0.1, -0.05) is 23.8 Å². The Balaban J connectivity index is 1.44. The number of rotatable bonds is 4. The van der Waals surface area contributed by atoms with Crippen molar-refractivity contribution in [3.8, 4) is 5.69 Å². The summed E-state index contributed by atoms with van der Waals surface area (Å²) in [6.07, 6.45) is 7.98. The van der Waals surface area contributed by atoms with E-state index in [9.17, 15) is 9.50 Å². The van der Waals surface area contributed by atoms with Crippen molar-refractivity contribution in [1.29, 1.82) is 0 Å². The van der Waals surface area contributed by atoms with Crippen LogP contribution in [0, 0.1) is 11.2 Å². The lowest BCUT2D eigenvalue weighted by molar-refractivity contribution is 0.131. The molecule has 0 spiro atoms. The Hall–Kier alpha value is -2.37. The first-order chi connectivity index (χ1) is 14.2. The number of benzene rings is 2. The van der Waals surface area contributed by atoms with E-state index >= 15 is 0 Å². The minimum Gasteiger partial charge on any atom is -0.395 e. The van der Waals surface area contributed by atoms with Gasteiger partial charge in [0, 0.05) is 15.6 Å². The van der Waals surface area contributed by atoms with Gasteiger partial charge >= 0.3 is 0 Å². The van der Waals surface area contributed by atoms with E-state index in [1.807, 2.05) is 28.7 Å². The summed E-state index contributed by atoms with van der Waals surface area (Å²) >= 11 is 1.92. The molecule has 5 rings (SSSR count). The van der Waals surface area contributed by atoms with Crippen molar-refractivity contribution in [2.24, 2.45) is 5.41 Å². The first-order valence-electron chi connectivity index (χ1n) is 10.0. The number of fused-ring (bicyclic) bond motifs is 2. The van der Waals surface area contributed by atoms with E-state index in [1.165, 1.54) is 22.6 Å². The van der Waals surface area contributed by atoms with Crippen LogP contribution in [0.25, 0.3) is 11.8 Å². The first-order valence-corrected chi connectivity index (χ1v) is 10.9. The fraction of sp³-hybridized carbons (Fsp3) is 0.292. The van der Waals surface area contributed by atoms with Gasteiger partial charge in [-0.05, 0) is 73.7 Å². The number of nitrogens with zero attached hydrogens (tertiary/aromatic N) is 2. The number of aliphatic hydroxyl groups is 1. The van der Waals surface area contributed by atoms with E-state index in [0.717, 1.165) is 42.6 Å². The lowest BCUT2D eigenvalue weighted by Crippen LogP contribution is -2.39. The summed E-state index contributed by atoms with van der Waals surface area (Å²) in [5.74, 6) is -0.248. The molecule has 1 saturated carbocycles. The molecule has 5 heteroatoms. The molecule has 0 bridgehead atoms. The van der Waals surface area contributed by atoms with Crippen LogP contribution >= 0.6 is 11.8 Å². The van der Waals surface area contributed by atoms with Crippen LogP contribution in [-0.2, 0) is 6.42 Å². The second-order valence-electron chi connectivity index (χ2n) is 8.02. The van der Waals surface area contributed by atoms with Crippen molar-refractivity contribution in [2.45, 2.75) is 35.8 Å². The van der Waals surface area contributed by atoms with E-state index in [2.05, 4.69) is 35.4 Å². The molecule has 0 unspecified atom stereocenters. The molecule has 1 heterocycles. The van der Waals surface area contributed by atoms with Crippen molar-refractivity contribution >= 4 is 17.8 Å². The third-order valence-corrected chi connectivity index (χ3v) is 7.46. The highest BCUT2D eigenvalue weighted by molar-refractivity contribution is 8.00. The standard InChI is InChI=1S/C24H23FN2OS/c25-19-7-9-20(10-8-19)27-23-12-18-6-11-22(29-21-4-2-1-3-5-21)14-24(18,16-28)13-17(23)15-26-27/h1-5,7-10,12,15,22,28H,6,11,13-14,16H2/t22-,24-/m1/s1. The highest BCUT2D eigenvalue weighted by Crippen LogP contribution is 2.51. The average Bonchev–Trinajstić information content (AvgIpc) is 3.15. The number of aliphatic hydroxyl groups excluding tert-OH is 1. The topological polar surface area (TPSA) is 38.1 Å². The number of thioether (sulfide) groups is 1. The van der Waals surface area contributed by atoms with Gasteiger partial charge in [0.2, 0.25) is 0 Å². The van der Waals surface area contributed by atoms with Gasteiger partial charge in [0.15, 0.2) is 0 Å². The Kier molecular flexibility index (Phi) is 4.80. The van der Waals surface area contributed by atoms with Crippen molar-refractivity contribution in [1.82, 2.24) is 9.78 Å². The normalized spacial score (nSPS) is 23.2. The van der Waals surface area contributed by atoms with Crippen LogP contribution in [0.15, 0.2) is 71.3 Å². The monoisotopic (exact) mass is 406 g/mol. The molecule has 3 nitrogen and oxygen atoms in total. The van der Waals surface area contributed by atoms with E-state index in [-0.39, 0.29) is 17.8 Å². The number of halogens is 1. The second kappa shape index (κ2) is 7.47. The molecule has 3 aromatic rings. The van der Waals surface area contributed by atoms with Crippen LogP contribution < -0.4 is 0 Å². The molecule has 0 radical (unpaired) electrons. The highest BCUT2D eigenvalue weighted by Gasteiger charge is 2.43. The fourth-order valence-electron chi connectivity index (χ4n) is 4.68. The maximum Gasteiger partial charge on any atom is 0.123 e. The third-order valence-electron chi connectivity index (χ3n) is 6.18. The van der Waals surface area contributed by atoms with Crippen LogP contribution in [0.3, 0.4) is 0 Å². The molecule has 0 amide bonds. The molecule has 148 valence electrons. The minimum atomic E-state index is -0.248. The molecule has 0 aliphatic heterocycles. The molecule has 2 aliphatic carbocycles. The van der Waals surface area contributed by atoms with Crippen molar-refractivity contribution in [3.05, 3.63) is 83.4 Å². The van der Waals surface area contributed by atoms with Crippen LogP contribution in [0.2, 0.25) is 0 Å². The van der Waals surface area contributed by atoms with Crippen LogP contribution in [0.4, 0.5) is 4.39 Å². The van der Waals surface area contributed by atoms with Gasteiger partial charge in [-0.3, -0.25) is 0 Å². The van der Waals surface area contributed by atoms with Gasteiger partial charge < -0.3 is 5.11 Å². The predicted molar refractivity (Wildman–Crippen MR) is 115 cm³/mol. The Morgan fingerprint density at radius 3 is 2.69 bits per heavy atom. The highest BCUT2D eigenvalue weighted by atomic mass is 32.2. The quantitative estimate of drug-likeness (QED) is 0.641. The molecule has 0 saturated heterocycles. The Labute approximate surface area is 174 Å². The predicted octanol–water partition coefficient (Wildman–Crippen LogP) is 5.27. The molecular formula is C24H23FN2OS. The van der Waals surface area contributed by atoms with Gasteiger partial charge in [-0.25, -0.2) is 9.07 Å². The maximum absolute atomic E-state index is 13.3. The van der Waals surface area contributed by atoms with E-state index in [0.29, 0.717) is 5.25 Å². The molecule has 29 heavy (non-hydrogen) atoms. The van der Waals surface area contributed by atoms with E-state index in [4.69, 9.17) is 0 Å². The van der Waals surface area contributed by atoms with E-state index < -0.39 is 0 Å². The summed E-state index contributed by atoms with van der Waals surface area (Å²) < 4.78 is 15.2. The number of hydrogen-bond acceptors (Lipinski definition) is 3. The Bertz CT molecular complexity index is 1040. The van der Waals surface area contributed by atoms with Crippen molar-refractivity contribution < 1.29 is 9.50 Å². The van der Waals surface area contributed by atoms with E-state index in [1.54, 1.807) is 12.1 Å². The van der Waals surface area contributed by atoms with Gasteiger partial charge in [0.25, 0.3) is 0 Å². The van der Waals surface area contributed by atoms with Gasteiger partial charge in [0.1, 0.15) is 5.82 Å². The zero-order valence-corrected chi connectivity index (χ0v) is 16.9. The third kappa shape index (κ3) is 3.43. The summed E-state index contributed by atoms with van der Waals surface area (Å²) in [5, 5.41) is 15.5. The van der Waals surface area contributed by atoms with Gasteiger partial charge in [-0.2, -0.15) is 5.10 Å². The molecule has 2 aromatic carbocycles. The lowest BCUT2D eigenvalue weighted by atomic mass is 9.65. The summed E-state index contributed by atoms with van der Waals surface area (Å²) in [4.78, 5) is 1.29. The molecule has 2 aliphatic rings. The summed E-state index contributed by atoms with van der Waals surface area (Å²) in [5.41, 5.74) is 4.19. The van der Waals surface area contributed by atoms with Crippen LogP contribution in [0.5, 0.6) is 0 Å². The minimum absolute atomic E-state index is 0.159. The van der Waals surface area contributed by atoms with Crippen molar-refractivity contribution in [3.63, 3.8) is 0 Å². The summed E-state index contributed by atoms with van der Waals surface area (Å²) in [7, 11) is 0. The SMILES string of the molecule is OC[C@]12Cc3cnn(-c4ccc(F)cc4)c3C=C1CC[C@@H](Sc1ccccc1)C2. The molecule has 1 N–H and O–H groups in total. The zero-order valence-electron chi connectivity index (χ0n) is 16.1. The number of aromatic nitrogens is 2. The zero-order chi connectivity index (χ0) is 19.8. The molecule has 1 aromatic heterocycles. The molecule has 2 atom stereocenters. The van der Waals surface area contributed by atoms with Gasteiger partial charge in [0.05, 0.1) is 24.2 Å². The Morgan fingerprint density at radius 1 is 1.14 bits per heavy atom. The first kappa shape index (κ1) is 18.6. The summed E-state index contributed by atoms with van der Waals surface area (Å²) in [6.45, 7) is 0.159. The van der Waals surface area contributed by atoms with Crippen LogP contribution in [0.1, 0.15) is 30.5 Å². The summed E-state index contributed by atoms with van der Waals surface area (Å²) in [6, 6.07) is 16.9. The average molecular weight is 407 g/mol. The van der Waals surface area contributed by atoms with Crippen molar-refractivity contribution in [2.75, 3.05) is 6.61 Å². The smallest absolute Gasteiger partial charge is 0.123 e. The maximum atomic E-state index is 13.3. The second-order valence-corrected chi connectivity index (χ2v) is 9.40. The lowest BCUT2D eigenvalue weighted by Gasteiger charge is -2.44. The number of hydrogen-bond donors (Lipinski definition) is 1. The van der Waals surface area contributed by atoms with Crippen LogP contribution in [-0.4, -0.2) is 26.7 Å². The molecular weight excluding hydrogens is 383 g/mol. The molecule has 1 fully saturated rings.